The normalized spacial score (nSPS) is 22.6. The molecule has 2 atom stereocenters. The molecule has 25 heavy (non-hydrogen) atoms. The predicted molar refractivity (Wildman–Crippen MR) is 93.6 cm³/mol. The summed E-state index contributed by atoms with van der Waals surface area (Å²) in [5.74, 6) is 0.0778. The van der Waals surface area contributed by atoms with Gasteiger partial charge in [0.15, 0.2) is 0 Å². The van der Waals surface area contributed by atoms with Crippen molar-refractivity contribution >= 4 is 11.8 Å². The molecule has 3 heterocycles. The van der Waals surface area contributed by atoms with Crippen LogP contribution in [0.1, 0.15) is 18.5 Å². The molecule has 2 saturated heterocycles. The third-order valence-corrected chi connectivity index (χ3v) is 5.25. The molecule has 1 aromatic heterocycles. The van der Waals surface area contributed by atoms with Crippen molar-refractivity contribution in [3.05, 3.63) is 42.2 Å². The summed E-state index contributed by atoms with van der Waals surface area (Å²) in [6.07, 6.45) is 3.69. The Hall–Kier alpha value is -2.63. The molecule has 2 aliphatic rings. The second kappa shape index (κ2) is 6.35. The maximum absolute atomic E-state index is 12.8. The van der Waals surface area contributed by atoms with Gasteiger partial charge >= 0.3 is 0 Å². The monoisotopic (exact) mass is 338 g/mol. The highest BCUT2D eigenvalue weighted by Crippen LogP contribution is 2.28. The number of amides is 2. The standard InChI is InChI=1S/C19H22N4O2/c1-13-16(14-6-3-2-4-7-14)11-22(21-13)12-18(24)23-9-5-8-15-17(23)10-20-19(15)25/h2-4,6-7,11,15,17H,5,8-10,12H2,1H3,(H,20,25)/t15-,17-/m1/s1. The summed E-state index contributed by atoms with van der Waals surface area (Å²) in [6.45, 7) is 3.47. The number of hydrogen-bond donors (Lipinski definition) is 1. The molecule has 0 bridgehead atoms. The third-order valence-electron chi connectivity index (χ3n) is 5.25. The average Bonchev–Trinajstić information content (AvgIpc) is 3.18. The number of piperidine rings is 1. The zero-order chi connectivity index (χ0) is 17.4. The van der Waals surface area contributed by atoms with E-state index in [4.69, 9.17) is 0 Å². The molecule has 6 heteroatoms. The van der Waals surface area contributed by atoms with Crippen LogP contribution in [0.4, 0.5) is 0 Å². The van der Waals surface area contributed by atoms with E-state index in [0.29, 0.717) is 6.54 Å². The van der Waals surface area contributed by atoms with Gasteiger partial charge in [0, 0.05) is 24.8 Å². The molecule has 4 rings (SSSR count). The summed E-state index contributed by atoms with van der Waals surface area (Å²) >= 11 is 0. The van der Waals surface area contributed by atoms with Crippen LogP contribution in [-0.2, 0) is 16.1 Å². The van der Waals surface area contributed by atoms with Gasteiger partial charge in [-0.15, -0.1) is 0 Å². The van der Waals surface area contributed by atoms with Crippen molar-refractivity contribution in [3.8, 4) is 11.1 Å². The lowest BCUT2D eigenvalue weighted by Crippen LogP contribution is -2.49. The van der Waals surface area contributed by atoms with Gasteiger partial charge in [0.05, 0.1) is 17.7 Å². The first kappa shape index (κ1) is 15.9. The van der Waals surface area contributed by atoms with Crippen molar-refractivity contribution in [2.24, 2.45) is 5.92 Å². The third kappa shape index (κ3) is 2.92. The highest BCUT2D eigenvalue weighted by Gasteiger charge is 2.42. The van der Waals surface area contributed by atoms with Gasteiger partial charge in [0.1, 0.15) is 6.54 Å². The van der Waals surface area contributed by atoms with E-state index in [2.05, 4.69) is 10.4 Å². The van der Waals surface area contributed by atoms with Crippen molar-refractivity contribution in [3.63, 3.8) is 0 Å². The van der Waals surface area contributed by atoms with E-state index >= 15 is 0 Å². The Morgan fingerprint density at radius 2 is 2.12 bits per heavy atom. The first-order chi connectivity index (χ1) is 12.1. The summed E-state index contributed by atoms with van der Waals surface area (Å²) in [6, 6.07) is 10.1. The maximum atomic E-state index is 12.8. The molecule has 2 fully saturated rings. The van der Waals surface area contributed by atoms with E-state index in [9.17, 15) is 9.59 Å². The Bertz CT molecular complexity index is 799. The molecule has 2 aliphatic heterocycles. The number of aromatic nitrogens is 2. The molecule has 0 spiro atoms. The van der Waals surface area contributed by atoms with Crippen molar-refractivity contribution < 1.29 is 9.59 Å². The summed E-state index contributed by atoms with van der Waals surface area (Å²) in [7, 11) is 0. The highest BCUT2D eigenvalue weighted by molar-refractivity contribution is 5.84. The molecule has 130 valence electrons. The van der Waals surface area contributed by atoms with Crippen LogP contribution in [0.3, 0.4) is 0 Å². The molecular formula is C19H22N4O2. The van der Waals surface area contributed by atoms with E-state index in [1.165, 1.54) is 0 Å². The van der Waals surface area contributed by atoms with Crippen LogP contribution in [0.15, 0.2) is 36.5 Å². The zero-order valence-electron chi connectivity index (χ0n) is 14.3. The van der Waals surface area contributed by atoms with E-state index in [0.717, 1.165) is 36.2 Å². The highest BCUT2D eigenvalue weighted by atomic mass is 16.2. The molecule has 2 amide bonds. The minimum atomic E-state index is -0.0445. The van der Waals surface area contributed by atoms with Crippen LogP contribution in [0.5, 0.6) is 0 Å². The van der Waals surface area contributed by atoms with Crippen LogP contribution < -0.4 is 5.32 Å². The molecule has 0 unspecified atom stereocenters. The molecule has 2 aromatic rings. The molecule has 1 aromatic carbocycles. The number of carbonyl (C=O) groups is 2. The molecular weight excluding hydrogens is 316 g/mol. The lowest BCUT2D eigenvalue weighted by molar-refractivity contribution is -0.137. The number of rotatable bonds is 3. The fourth-order valence-corrected chi connectivity index (χ4v) is 3.99. The Morgan fingerprint density at radius 1 is 1.32 bits per heavy atom. The number of likely N-dealkylation sites (tertiary alicyclic amines) is 1. The Balaban J connectivity index is 1.51. The van der Waals surface area contributed by atoms with Gasteiger partial charge in [-0.1, -0.05) is 30.3 Å². The van der Waals surface area contributed by atoms with Gasteiger partial charge < -0.3 is 10.2 Å². The lowest BCUT2D eigenvalue weighted by atomic mass is 9.91. The summed E-state index contributed by atoms with van der Waals surface area (Å²) in [5, 5.41) is 7.40. The summed E-state index contributed by atoms with van der Waals surface area (Å²) in [5.41, 5.74) is 3.05. The SMILES string of the molecule is Cc1nn(CC(=O)N2CCC[C@H]3C(=O)NC[C@H]32)cc1-c1ccccc1. The maximum Gasteiger partial charge on any atom is 0.244 e. The quantitative estimate of drug-likeness (QED) is 0.924. The summed E-state index contributed by atoms with van der Waals surface area (Å²) in [4.78, 5) is 26.5. The van der Waals surface area contributed by atoms with E-state index < -0.39 is 0 Å². The number of hydrogen-bond acceptors (Lipinski definition) is 3. The van der Waals surface area contributed by atoms with Gasteiger partial charge in [0.2, 0.25) is 11.8 Å². The number of nitrogens with zero attached hydrogens (tertiary/aromatic N) is 3. The largest absolute Gasteiger partial charge is 0.354 e. The number of fused-ring (bicyclic) bond motifs is 1. The average molecular weight is 338 g/mol. The predicted octanol–water partition coefficient (Wildman–Crippen LogP) is 1.60. The Morgan fingerprint density at radius 3 is 2.92 bits per heavy atom. The van der Waals surface area contributed by atoms with Crippen molar-refractivity contribution in [2.75, 3.05) is 13.1 Å². The number of nitrogens with one attached hydrogen (secondary N) is 1. The van der Waals surface area contributed by atoms with Crippen LogP contribution in [0, 0.1) is 12.8 Å². The Kier molecular flexibility index (Phi) is 4.03. The van der Waals surface area contributed by atoms with Crippen LogP contribution in [-0.4, -0.2) is 45.6 Å². The van der Waals surface area contributed by atoms with Crippen LogP contribution >= 0.6 is 0 Å². The first-order valence-corrected chi connectivity index (χ1v) is 8.80. The molecule has 0 saturated carbocycles. The minimum Gasteiger partial charge on any atom is -0.354 e. The minimum absolute atomic E-state index is 0.000923. The van der Waals surface area contributed by atoms with Crippen molar-refractivity contribution in [2.45, 2.75) is 32.4 Å². The van der Waals surface area contributed by atoms with E-state index in [1.807, 2.05) is 48.4 Å². The zero-order valence-corrected chi connectivity index (χ0v) is 14.3. The molecule has 6 nitrogen and oxygen atoms in total. The molecule has 0 radical (unpaired) electrons. The van der Waals surface area contributed by atoms with Crippen molar-refractivity contribution in [1.29, 1.82) is 0 Å². The number of carbonyl (C=O) groups excluding carboxylic acids is 2. The molecule has 1 N–H and O–H groups in total. The van der Waals surface area contributed by atoms with Crippen LogP contribution in [0.2, 0.25) is 0 Å². The topological polar surface area (TPSA) is 67.2 Å². The fourth-order valence-electron chi connectivity index (χ4n) is 3.99. The Labute approximate surface area is 146 Å². The van der Waals surface area contributed by atoms with Gasteiger partial charge in [-0.25, -0.2) is 0 Å². The second-order valence-electron chi connectivity index (χ2n) is 6.84. The van der Waals surface area contributed by atoms with Crippen molar-refractivity contribution in [1.82, 2.24) is 20.0 Å². The van der Waals surface area contributed by atoms with Gasteiger partial charge in [-0.2, -0.15) is 5.10 Å². The smallest absolute Gasteiger partial charge is 0.244 e. The van der Waals surface area contributed by atoms with E-state index in [-0.39, 0.29) is 30.3 Å². The number of aryl methyl sites for hydroxylation is 1. The first-order valence-electron chi connectivity index (χ1n) is 8.80. The number of benzene rings is 1. The van der Waals surface area contributed by atoms with Gasteiger partial charge in [-0.05, 0) is 25.3 Å². The van der Waals surface area contributed by atoms with Gasteiger partial charge in [-0.3, -0.25) is 14.3 Å². The van der Waals surface area contributed by atoms with E-state index in [1.54, 1.807) is 4.68 Å². The fraction of sp³-hybridized carbons (Fsp3) is 0.421. The molecule has 0 aliphatic carbocycles. The van der Waals surface area contributed by atoms with Crippen LogP contribution in [0.25, 0.3) is 11.1 Å². The summed E-state index contributed by atoms with van der Waals surface area (Å²) < 4.78 is 1.72. The second-order valence-corrected chi connectivity index (χ2v) is 6.84. The lowest BCUT2D eigenvalue weighted by Gasteiger charge is -2.35. The van der Waals surface area contributed by atoms with Gasteiger partial charge in [0.25, 0.3) is 0 Å².